The molecule has 0 radical (unpaired) electrons. The number of nitrogens with zero attached hydrogens (tertiary/aromatic N) is 4. The Morgan fingerprint density at radius 2 is 1.85 bits per heavy atom. The zero-order valence-corrected chi connectivity index (χ0v) is 16.3. The topological polar surface area (TPSA) is 43.6 Å². The first-order valence-electron chi connectivity index (χ1n) is 8.29. The molecule has 4 nitrogen and oxygen atoms in total. The van der Waals surface area contributed by atoms with E-state index >= 15 is 0 Å². The van der Waals surface area contributed by atoms with Crippen LogP contribution < -0.4 is 0 Å². The standard InChI is InChI=1S/C20H12BrFN4S/c21-12-5-6-16-18(9-12)27-19(23-16)11-26-8-7-15-17(10-26)25-20(24-15)13-3-1-2-4-14(13)22/h1-10H,11H2. The van der Waals surface area contributed by atoms with Gasteiger partial charge in [-0.3, -0.25) is 0 Å². The number of benzene rings is 2. The zero-order valence-electron chi connectivity index (χ0n) is 13.9. The lowest BCUT2D eigenvalue weighted by Gasteiger charge is -2.05. The predicted molar refractivity (Wildman–Crippen MR) is 108 cm³/mol. The van der Waals surface area contributed by atoms with Gasteiger partial charge in [0.25, 0.3) is 0 Å². The van der Waals surface area contributed by atoms with Crippen LogP contribution in [0.1, 0.15) is 5.01 Å². The van der Waals surface area contributed by atoms with E-state index in [1.165, 1.54) is 6.07 Å². The molecule has 5 rings (SSSR count). The molecule has 0 N–H and O–H groups in total. The quantitative estimate of drug-likeness (QED) is 0.367. The molecule has 0 saturated carbocycles. The summed E-state index contributed by atoms with van der Waals surface area (Å²) in [5.41, 5.74) is 2.89. The van der Waals surface area contributed by atoms with E-state index in [0.29, 0.717) is 17.9 Å². The fraction of sp³-hybridized carbons (Fsp3) is 0.0500. The molecule has 0 aliphatic carbocycles. The van der Waals surface area contributed by atoms with Gasteiger partial charge in [0.1, 0.15) is 16.5 Å². The molecule has 0 amide bonds. The average Bonchev–Trinajstić information content (AvgIpc) is 3.24. The minimum atomic E-state index is -0.318. The van der Waals surface area contributed by atoms with Gasteiger partial charge in [-0.1, -0.05) is 28.1 Å². The molecular formula is C20H12BrFN4S. The maximum atomic E-state index is 14.0. The van der Waals surface area contributed by atoms with Crippen molar-refractivity contribution in [1.29, 1.82) is 0 Å². The van der Waals surface area contributed by atoms with E-state index < -0.39 is 0 Å². The van der Waals surface area contributed by atoms with Crippen molar-refractivity contribution in [2.75, 3.05) is 0 Å². The number of pyridine rings is 1. The summed E-state index contributed by atoms with van der Waals surface area (Å²) in [5, 5.41) is 1.02. The Morgan fingerprint density at radius 1 is 1.00 bits per heavy atom. The fourth-order valence-corrected chi connectivity index (χ4v) is 4.51. The molecule has 0 unspecified atom stereocenters. The normalized spacial score (nSPS) is 11.5. The molecule has 0 spiro atoms. The molecule has 0 fully saturated rings. The summed E-state index contributed by atoms with van der Waals surface area (Å²) in [6.45, 7) is 0.648. The summed E-state index contributed by atoms with van der Waals surface area (Å²) in [6.07, 6.45) is 3.87. The third kappa shape index (κ3) is 3.13. The molecular weight excluding hydrogens is 427 g/mol. The van der Waals surface area contributed by atoms with Gasteiger partial charge in [0, 0.05) is 16.9 Å². The fourth-order valence-electron chi connectivity index (χ4n) is 2.98. The Labute approximate surface area is 166 Å². The van der Waals surface area contributed by atoms with Gasteiger partial charge >= 0.3 is 0 Å². The number of hydrogen-bond donors (Lipinski definition) is 0. The Balaban J connectivity index is 1.49. The Bertz CT molecular complexity index is 1250. The van der Waals surface area contributed by atoms with Crippen molar-refractivity contribution in [3.8, 4) is 22.8 Å². The van der Waals surface area contributed by atoms with Gasteiger partial charge in [-0.05, 0) is 36.4 Å². The van der Waals surface area contributed by atoms with E-state index in [4.69, 9.17) is 0 Å². The van der Waals surface area contributed by atoms with Crippen molar-refractivity contribution in [3.63, 3.8) is 0 Å². The van der Waals surface area contributed by atoms with Crippen LogP contribution in [0.3, 0.4) is 0 Å². The van der Waals surface area contributed by atoms with E-state index in [2.05, 4.69) is 36.9 Å². The van der Waals surface area contributed by atoms with Gasteiger partial charge in [0.15, 0.2) is 5.82 Å². The minimum absolute atomic E-state index is 0.318. The van der Waals surface area contributed by atoms with E-state index in [1.807, 2.05) is 35.2 Å². The lowest BCUT2D eigenvalue weighted by molar-refractivity contribution is 0.630. The number of fused-ring (bicyclic) bond motifs is 2. The third-order valence-corrected chi connectivity index (χ3v) is 5.75. The summed E-state index contributed by atoms with van der Waals surface area (Å²) in [6, 6.07) is 14.5. The van der Waals surface area contributed by atoms with Crippen molar-refractivity contribution in [2.24, 2.45) is 0 Å². The highest BCUT2D eigenvalue weighted by Crippen LogP contribution is 2.28. The molecule has 2 aromatic carbocycles. The lowest BCUT2D eigenvalue weighted by atomic mass is 10.2. The van der Waals surface area contributed by atoms with E-state index in [1.54, 1.807) is 29.5 Å². The molecule has 3 aromatic rings. The molecule has 132 valence electrons. The summed E-state index contributed by atoms with van der Waals surface area (Å²) >= 11 is 5.16. The van der Waals surface area contributed by atoms with Crippen molar-refractivity contribution in [2.45, 2.75) is 6.54 Å². The number of halogens is 2. The van der Waals surface area contributed by atoms with E-state index in [-0.39, 0.29) is 5.82 Å². The molecule has 0 bridgehead atoms. The Morgan fingerprint density at radius 3 is 2.74 bits per heavy atom. The van der Waals surface area contributed by atoms with Crippen LogP contribution in [-0.2, 0) is 6.54 Å². The van der Waals surface area contributed by atoms with Gasteiger partial charge in [-0.25, -0.2) is 19.3 Å². The predicted octanol–water partition coefficient (Wildman–Crippen LogP) is 5.61. The second-order valence-electron chi connectivity index (χ2n) is 6.13. The molecule has 0 atom stereocenters. The van der Waals surface area contributed by atoms with Gasteiger partial charge in [-0.15, -0.1) is 11.3 Å². The van der Waals surface area contributed by atoms with Crippen LogP contribution >= 0.6 is 27.3 Å². The number of imidazole rings is 1. The highest BCUT2D eigenvalue weighted by Gasteiger charge is 2.15. The molecule has 2 aliphatic heterocycles. The van der Waals surface area contributed by atoms with Crippen LogP contribution in [0, 0.1) is 5.82 Å². The molecule has 27 heavy (non-hydrogen) atoms. The maximum Gasteiger partial charge on any atom is 0.163 e. The second-order valence-corrected chi connectivity index (χ2v) is 8.17. The Kier molecular flexibility index (Phi) is 3.98. The summed E-state index contributed by atoms with van der Waals surface area (Å²) in [5.74, 6) is 0.0898. The van der Waals surface area contributed by atoms with Crippen LogP contribution in [-0.4, -0.2) is 19.5 Å². The summed E-state index contributed by atoms with van der Waals surface area (Å²) < 4.78 is 18.2. The van der Waals surface area contributed by atoms with Crippen molar-refractivity contribution in [1.82, 2.24) is 19.5 Å². The minimum Gasteiger partial charge on any atom is -0.345 e. The molecule has 0 saturated heterocycles. The van der Waals surface area contributed by atoms with Crippen LogP contribution in [0.2, 0.25) is 0 Å². The first-order valence-corrected chi connectivity index (χ1v) is 9.90. The second kappa shape index (κ2) is 6.51. The van der Waals surface area contributed by atoms with Gasteiger partial charge < -0.3 is 4.57 Å². The smallest absolute Gasteiger partial charge is 0.163 e. The monoisotopic (exact) mass is 438 g/mol. The molecule has 3 heterocycles. The Hall–Kier alpha value is -2.64. The van der Waals surface area contributed by atoms with Crippen molar-refractivity contribution >= 4 is 37.5 Å². The number of hydrogen-bond acceptors (Lipinski definition) is 4. The summed E-state index contributed by atoms with van der Waals surface area (Å²) in [4.78, 5) is 13.6. The number of rotatable bonds is 3. The first kappa shape index (κ1) is 16.5. The van der Waals surface area contributed by atoms with Crippen LogP contribution in [0.25, 0.3) is 33.0 Å². The largest absolute Gasteiger partial charge is 0.345 e. The summed E-state index contributed by atoms with van der Waals surface area (Å²) in [7, 11) is 0. The van der Waals surface area contributed by atoms with E-state index in [9.17, 15) is 4.39 Å². The number of thiazole rings is 1. The van der Waals surface area contributed by atoms with Gasteiger partial charge in [-0.2, -0.15) is 0 Å². The SMILES string of the molecule is Fc1ccccc1-c1nc2ccn(Cc3nc4ccc(Br)cc4s3)cc-2n1. The van der Waals surface area contributed by atoms with Crippen LogP contribution in [0.15, 0.2) is 65.4 Å². The van der Waals surface area contributed by atoms with Crippen molar-refractivity contribution < 1.29 is 4.39 Å². The number of aromatic nitrogens is 4. The maximum absolute atomic E-state index is 14.0. The lowest BCUT2D eigenvalue weighted by Crippen LogP contribution is -2.00. The van der Waals surface area contributed by atoms with Crippen LogP contribution in [0.4, 0.5) is 4.39 Å². The molecule has 1 aromatic heterocycles. The highest BCUT2D eigenvalue weighted by molar-refractivity contribution is 9.10. The van der Waals surface area contributed by atoms with Crippen molar-refractivity contribution in [3.05, 3.63) is 76.2 Å². The van der Waals surface area contributed by atoms with Crippen LogP contribution in [0.5, 0.6) is 0 Å². The molecule has 2 aliphatic rings. The highest BCUT2D eigenvalue weighted by atomic mass is 79.9. The zero-order chi connectivity index (χ0) is 18.4. The van der Waals surface area contributed by atoms with Gasteiger partial charge in [0.05, 0.1) is 28.0 Å². The third-order valence-electron chi connectivity index (χ3n) is 4.25. The first-order chi connectivity index (χ1) is 13.2. The molecule has 7 heteroatoms. The average molecular weight is 439 g/mol. The van der Waals surface area contributed by atoms with Gasteiger partial charge in [0.2, 0.25) is 0 Å². The van der Waals surface area contributed by atoms with E-state index in [0.717, 1.165) is 31.1 Å².